The van der Waals surface area contributed by atoms with Crippen molar-refractivity contribution in [1.29, 1.82) is 0 Å². The van der Waals surface area contributed by atoms with Crippen molar-refractivity contribution in [3.8, 4) is 0 Å². The van der Waals surface area contributed by atoms with Gasteiger partial charge in [-0.15, -0.1) is 0 Å². The first-order valence-electron chi connectivity index (χ1n) is 39.7. The predicted molar refractivity (Wildman–Crippen MR) is 265 cm³/mol. The molecule has 0 aromatic rings. The lowest BCUT2D eigenvalue weighted by molar-refractivity contribution is -0.924. The molecular formula is C80H66. The van der Waals surface area contributed by atoms with Gasteiger partial charge in [0.1, 0.15) is 0 Å². The third kappa shape index (κ3) is 1.02. The number of hydrogen-bond donors (Lipinski definition) is 0. The first-order valence-corrected chi connectivity index (χ1v) is 39.7. The van der Waals surface area contributed by atoms with E-state index in [0.29, 0.717) is 0 Å². The summed E-state index contributed by atoms with van der Waals surface area (Å²) < 4.78 is 0. The maximum absolute atomic E-state index is 1.93. The average molecular weight is 1030 g/mol. The smallest absolute Gasteiger partial charge is 0.00932 e. The second-order valence-corrected chi connectivity index (χ2v) is 49.1. The Morgan fingerprint density at radius 3 is 1.14 bits per heavy atom. The largest absolute Gasteiger partial charge is 0.0496 e. The summed E-state index contributed by atoms with van der Waals surface area (Å²) in [7, 11) is 0. The molecule has 48 fully saturated rings. The molecule has 0 aliphatic heterocycles. The number of fused-ring (bicyclic) bond motifs is 39. The van der Waals surface area contributed by atoms with Crippen molar-refractivity contribution >= 4 is 0 Å². The molecule has 0 heterocycles. The molecule has 48 aliphatic rings. The highest BCUT2D eigenvalue weighted by atomic mass is 15.4. The molecule has 48 saturated carbocycles. The van der Waals surface area contributed by atoms with Crippen LogP contribution in [0.15, 0.2) is 0 Å². The maximum Gasteiger partial charge on any atom is -0.00932 e. The van der Waals surface area contributed by atoms with Gasteiger partial charge in [0.2, 0.25) is 0 Å². The molecule has 0 aromatic heterocycles. The highest BCUT2D eigenvalue weighted by Gasteiger charge is 3.41. The molecule has 60 unspecified atom stereocenters. The average Bonchev–Trinajstić information content (AvgIpc) is 0.501. The van der Waals surface area contributed by atoms with Gasteiger partial charge in [-0.05, 0) is 466 Å². The Morgan fingerprint density at radius 2 is 0.613 bits per heavy atom. The van der Waals surface area contributed by atoms with Gasteiger partial charge in [-0.3, -0.25) is 0 Å². The zero-order chi connectivity index (χ0) is 45.6. The van der Waals surface area contributed by atoms with Crippen LogP contribution in [0, 0.1) is 409 Å². The van der Waals surface area contributed by atoms with Crippen LogP contribution < -0.4 is 0 Å². The van der Waals surface area contributed by atoms with E-state index in [1.165, 1.54) is 284 Å². The molecule has 60 atom stereocenters. The Morgan fingerprint density at radius 1 is 0.225 bits per heavy atom. The van der Waals surface area contributed by atoms with Gasteiger partial charge in [0.25, 0.3) is 0 Å². The summed E-state index contributed by atoms with van der Waals surface area (Å²) in [5.74, 6) is 65.5. The highest BCUT2D eigenvalue weighted by molar-refractivity contribution is 5.86. The van der Waals surface area contributed by atoms with Gasteiger partial charge in [0.05, 0.1) is 0 Å². The van der Waals surface area contributed by atoms with Gasteiger partial charge >= 0.3 is 0 Å². The van der Waals surface area contributed by atoms with Crippen molar-refractivity contribution in [2.45, 2.75) is 57.8 Å². The molecule has 0 saturated heterocycles. The minimum absolute atomic E-state index is 0.979. The third-order valence-electron chi connectivity index (χ3n) is 61.9. The molecule has 0 radical (unpaired) electrons. The van der Waals surface area contributed by atoms with Crippen LogP contribution in [0.5, 0.6) is 0 Å². The monoisotopic (exact) mass is 1030 g/mol. The van der Waals surface area contributed by atoms with Crippen LogP contribution in [0.2, 0.25) is 0 Å². The molecule has 0 aromatic carbocycles. The van der Waals surface area contributed by atoms with Crippen LogP contribution in [-0.4, -0.2) is 0 Å². The first kappa shape index (κ1) is 31.0. The van der Waals surface area contributed by atoms with Crippen molar-refractivity contribution in [2.24, 2.45) is 409 Å². The van der Waals surface area contributed by atoms with Crippen molar-refractivity contribution in [3.63, 3.8) is 0 Å². The zero-order valence-electron chi connectivity index (χ0n) is 45.6. The predicted octanol–water partition coefficient (Wildman–Crippen LogP) is 9.41. The van der Waals surface area contributed by atoms with E-state index >= 15 is 0 Å². The van der Waals surface area contributed by atoms with Crippen LogP contribution >= 0.6 is 0 Å². The molecule has 21 spiro atoms. The molecule has 48 aliphatic carbocycles. The van der Waals surface area contributed by atoms with Crippen molar-refractivity contribution in [1.82, 2.24) is 0 Å². The second kappa shape index (κ2) is 5.68. The third-order valence-corrected chi connectivity index (χ3v) is 61.9. The van der Waals surface area contributed by atoms with Gasteiger partial charge in [-0.2, -0.15) is 0 Å². The summed E-state index contributed by atoms with van der Waals surface area (Å²) in [4.78, 5) is 0. The van der Waals surface area contributed by atoms with Crippen LogP contribution in [0.25, 0.3) is 0 Å². The molecule has 48 rings (SSSR count). The quantitative estimate of drug-likeness (QED) is 0.246. The van der Waals surface area contributed by atoms with Crippen molar-refractivity contribution < 1.29 is 0 Å². The molecular weight excluding hydrogens is 961 g/mol. The Hall–Kier alpha value is 0. The first-order chi connectivity index (χ1) is 39.7. The minimum Gasteiger partial charge on any atom is -0.0496 e. The standard InChI is InChI=1S/C80H66/c1-2-12-20-11(1)21-31-29-19-30-38-45-50-48-39-32-23-13-3-4-14-24-33-40-49-51-52-54-57-59(9-60(29)56(59)53-22(12)62(20,21)66(31,53)60)55(19)63(30,57)68(38,54)72(45,52)76(50,51)80(48,49)77(39,40)73(32,33)69(23,24)64(13,14)58-7-17-27-36-43-46-41-34-25-15-5-10-6-16-26-35-42-47-44-37-28-18(8-58)65(17,58)70(27,28)74(36,37)78(43,44)79(46,47)75(41,42)71(34,35)67(25,26)61(10,15)16/h10-57H,1-9H2. The normalized spacial score (nSPS) is 123. The van der Waals surface area contributed by atoms with E-state index < -0.39 is 0 Å². The maximum atomic E-state index is 1.93. The Balaban J connectivity index is 0.444. The fourth-order valence-corrected chi connectivity index (χ4v) is 73.1. The molecule has 0 N–H and O–H groups in total. The Bertz CT molecular complexity index is 4630. The SMILES string of the molecule is C1CC2C3C1C1C4C5C6C7C8C9C%10C%11C%12C%13C%14C%15CCC%16C%17C%18C%19C%20C%21C%22C%23C%24C%25(CC5%26C%25C5C2C31C45%26)C6C7%24C8%23C9%22C%10%21C%11%20C%12%19C%13%18C%14%17C%15%16C12CC3C4C5C6C7C8C9C%10C%11CC%12CC%13C%14C%15C%16C%17C%18C%19C%20C(C1)C32C4%20C5%19C6%18C7%17C8%16C9%15C%10%14C%12%11%13. The topological polar surface area (TPSA) is 0 Å². The van der Waals surface area contributed by atoms with Crippen LogP contribution in [0.1, 0.15) is 57.8 Å². The summed E-state index contributed by atoms with van der Waals surface area (Å²) in [6, 6.07) is 0. The summed E-state index contributed by atoms with van der Waals surface area (Å²) in [5, 5.41) is 0. The number of hydrogen-bond acceptors (Lipinski definition) is 0. The zero-order valence-corrected chi connectivity index (χ0v) is 45.6. The fourth-order valence-electron chi connectivity index (χ4n) is 73.1. The fraction of sp³-hybridized carbons (Fsp3) is 1.00. The Kier molecular flexibility index (Phi) is 2.20. The lowest BCUT2D eigenvalue weighted by Gasteiger charge is -3.38. The van der Waals surface area contributed by atoms with Crippen LogP contribution in [0.4, 0.5) is 0 Å². The van der Waals surface area contributed by atoms with Crippen molar-refractivity contribution in [3.05, 3.63) is 0 Å². The Labute approximate surface area is 463 Å². The van der Waals surface area contributed by atoms with E-state index in [9.17, 15) is 0 Å². The van der Waals surface area contributed by atoms with Crippen molar-refractivity contribution in [2.75, 3.05) is 0 Å². The summed E-state index contributed by atoms with van der Waals surface area (Å²) in [6.45, 7) is 0. The van der Waals surface area contributed by atoms with E-state index in [0.717, 1.165) is 125 Å². The van der Waals surface area contributed by atoms with Gasteiger partial charge in [-0.1, -0.05) is 0 Å². The van der Waals surface area contributed by atoms with Crippen LogP contribution in [0.3, 0.4) is 0 Å². The molecule has 0 heteroatoms. The van der Waals surface area contributed by atoms with Crippen LogP contribution in [-0.2, 0) is 0 Å². The van der Waals surface area contributed by atoms with E-state index in [1.807, 2.05) is 32.1 Å². The summed E-state index contributed by atoms with van der Waals surface area (Å²) in [5.41, 5.74) is 24.3. The lowest BCUT2D eigenvalue weighted by atomic mass is 8.65. The van der Waals surface area contributed by atoms with E-state index in [-0.39, 0.29) is 0 Å². The molecule has 80 heavy (non-hydrogen) atoms. The second-order valence-electron chi connectivity index (χ2n) is 49.1. The molecule has 0 nitrogen and oxygen atoms in total. The van der Waals surface area contributed by atoms with Gasteiger partial charge in [0, 0.05) is 0 Å². The van der Waals surface area contributed by atoms with Gasteiger partial charge in [-0.25, -0.2) is 0 Å². The van der Waals surface area contributed by atoms with E-state index in [2.05, 4.69) is 0 Å². The highest BCUT2D eigenvalue weighted by Crippen LogP contribution is 3.43. The van der Waals surface area contributed by atoms with Gasteiger partial charge < -0.3 is 0 Å². The summed E-state index contributed by atoms with van der Waals surface area (Å²) >= 11 is 0. The number of rotatable bonds is 1. The molecule has 0 amide bonds. The van der Waals surface area contributed by atoms with Gasteiger partial charge in [0.15, 0.2) is 0 Å². The molecule has 2 bridgehead atoms. The molecule has 386 valence electrons. The van der Waals surface area contributed by atoms with E-state index in [1.54, 1.807) is 25.7 Å². The van der Waals surface area contributed by atoms with E-state index in [4.69, 9.17) is 0 Å². The summed E-state index contributed by atoms with van der Waals surface area (Å²) in [6.07, 6.45) is 16.4. The lowest BCUT2D eigenvalue weighted by Crippen LogP contribution is -3.36. The minimum atomic E-state index is 0.979.